The van der Waals surface area contributed by atoms with Crippen LogP contribution in [0.3, 0.4) is 0 Å². The van der Waals surface area contributed by atoms with Crippen LogP contribution < -0.4 is 0 Å². The number of carbonyl (C=O) groups is 2. The predicted molar refractivity (Wildman–Crippen MR) is 73.6 cm³/mol. The van der Waals surface area contributed by atoms with E-state index in [1.807, 2.05) is 20.2 Å². The van der Waals surface area contributed by atoms with Crippen molar-refractivity contribution in [1.82, 2.24) is 24.5 Å². The Hall–Kier alpha value is -2.64. The topological polar surface area (TPSA) is 93.2 Å². The van der Waals surface area contributed by atoms with E-state index in [0.717, 1.165) is 11.3 Å². The minimum Gasteiger partial charge on any atom is -0.478 e. The van der Waals surface area contributed by atoms with Crippen LogP contribution in [-0.4, -0.2) is 48.5 Å². The Balaban J connectivity index is 1.99. The molecule has 0 saturated carbocycles. The highest BCUT2D eigenvalue weighted by Gasteiger charge is 2.14. The van der Waals surface area contributed by atoms with Gasteiger partial charge in [0.25, 0.3) is 0 Å². The van der Waals surface area contributed by atoms with Crippen molar-refractivity contribution in [2.24, 2.45) is 7.05 Å². The molecular weight excluding hydrogens is 274 g/mol. The van der Waals surface area contributed by atoms with Crippen molar-refractivity contribution in [1.29, 1.82) is 0 Å². The molecule has 0 saturated heterocycles. The van der Waals surface area contributed by atoms with E-state index in [-0.39, 0.29) is 18.0 Å². The third kappa shape index (κ3) is 3.47. The quantitative estimate of drug-likeness (QED) is 0.854. The summed E-state index contributed by atoms with van der Waals surface area (Å²) in [5, 5.41) is 16.9. The lowest BCUT2D eigenvalue weighted by molar-refractivity contribution is -0.131. The van der Waals surface area contributed by atoms with Gasteiger partial charge in [-0.25, -0.2) is 4.79 Å². The zero-order chi connectivity index (χ0) is 15.6. The van der Waals surface area contributed by atoms with Gasteiger partial charge in [0.05, 0.1) is 17.5 Å². The molecule has 0 aromatic carbocycles. The maximum atomic E-state index is 12.1. The first-order valence-corrected chi connectivity index (χ1v) is 6.35. The lowest BCUT2D eigenvalue weighted by Crippen LogP contribution is -2.30. The van der Waals surface area contributed by atoms with Crippen LogP contribution in [-0.2, 0) is 24.9 Å². The second-order valence-electron chi connectivity index (χ2n) is 4.89. The molecule has 2 aromatic rings. The molecule has 0 aliphatic carbocycles. The fourth-order valence-electron chi connectivity index (χ4n) is 1.97. The number of aryl methyl sites for hydroxylation is 2. The molecule has 2 rings (SSSR count). The van der Waals surface area contributed by atoms with Gasteiger partial charge in [0.2, 0.25) is 5.91 Å². The SMILES string of the molecule is Cc1nn(C)cc1CN(C)C(=O)Cn1cc(C(=O)O)cn1. The predicted octanol–water partition coefficient (Wildman–Crippen LogP) is 0.282. The number of likely N-dealkylation sites (N-methyl/N-ethyl adjacent to an activating group) is 1. The molecule has 21 heavy (non-hydrogen) atoms. The molecule has 8 nitrogen and oxygen atoms in total. The lowest BCUT2D eigenvalue weighted by Gasteiger charge is -2.16. The van der Waals surface area contributed by atoms with Crippen LogP contribution in [0, 0.1) is 6.92 Å². The van der Waals surface area contributed by atoms with Gasteiger partial charge >= 0.3 is 5.97 Å². The summed E-state index contributed by atoms with van der Waals surface area (Å²) < 4.78 is 3.02. The van der Waals surface area contributed by atoms with Crippen LogP contribution in [0.4, 0.5) is 0 Å². The summed E-state index contributed by atoms with van der Waals surface area (Å²) in [7, 11) is 3.52. The van der Waals surface area contributed by atoms with Crippen LogP contribution in [0.25, 0.3) is 0 Å². The summed E-state index contributed by atoms with van der Waals surface area (Å²) in [6, 6.07) is 0. The van der Waals surface area contributed by atoms with Gasteiger partial charge in [0.1, 0.15) is 6.54 Å². The van der Waals surface area contributed by atoms with Gasteiger partial charge in [-0.1, -0.05) is 0 Å². The molecule has 1 N–H and O–H groups in total. The van der Waals surface area contributed by atoms with Crippen molar-refractivity contribution in [2.45, 2.75) is 20.0 Å². The van der Waals surface area contributed by atoms with Gasteiger partial charge in [-0.15, -0.1) is 0 Å². The molecule has 0 radical (unpaired) electrons. The molecule has 0 bridgehead atoms. The summed E-state index contributed by atoms with van der Waals surface area (Å²) in [4.78, 5) is 24.4. The molecule has 1 amide bonds. The molecule has 112 valence electrons. The molecule has 8 heteroatoms. The highest BCUT2D eigenvalue weighted by atomic mass is 16.4. The molecular formula is C13H17N5O3. The maximum absolute atomic E-state index is 12.1. The van der Waals surface area contributed by atoms with E-state index in [2.05, 4.69) is 10.2 Å². The van der Waals surface area contributed by atoms with Gasteiger partial charge < -0.3 is 10.0 Å². The number of aromatic carboxylic acids is 1. The Morgan fingerprint density at radius 1 is 1.38 bits per heavy atom. The van der Waals surface area contributed by atoms with Gasteiger partial charge in [0.15, 0.2) is 0 Å². The first-order chi connectivity index (χ1) is 9.86. The minimum atomic E-state index is -1.06. The second-order valence-corrected chi connectivity index (χ2v) is 4.89. The maximum Gasteiger partial charge on any atom is 0.338 e. The fraction of sp³-hybridized carbons (Fsp3) is 0.385. The molecule has 0 fully saturated rings. The van der Waals surface area contributed by atoms with Crippen LogP contribution in [0.2, 0.25) is 0 Å². The Morgan fingerprint density at radius 3 is 2.62 bits per heavy atom. The normalized spacial score (nSPS) is 10.6. The van der Waals surface area contributed by atoms with E-state index >= 15 is 0 Å². The van der Waals surface area contributed by atoms with Crippen LogP contribution in [0.5, 0.6) is 0 Å². The Labute approximate surface area is 121 Å². The number of hydrogen-bond acceptors (Lipinski definition) is 4. The molecule has 0 aliphatic heterocycles. The standard InChI is InChI=1S/C13H17N5O3/c1-9-11(6-17(3)15-9)5-16(2)12(19)8-18-7-10(4-14-18)13(20)21/h4,6-7H,5,8H2,1-3H3,(H,20,21). The number of hydrogen-bond donors (Lipinski definition) is 1. The Morgan fingerprint density at radius 2 is 2.10 bits per heavy atom. The number of carboxylic acids is 1. The average molecular weight is 291 g/mol. The average Bonchev–Trinajstić information content (AvgIpc) is 2.97. The molecule has 2 aromatic heterocycles. The first kappa shape index (κ1) is 14.8. The zero-order valence-electron chi connectivity index (χ0n) is 12.1. The first-order valence-electron chi connectivity index (χ1n) is 6.35. The lowest BCUT2D eigenvalue weighted by atomic mass is 10.2. The third-order valence-electron chi connectivity index (χ3n) is 3.13. The van der Waals surface area contributed by atoms with E-state index in [1.54, 1.807) is 16.6 Å². The fourth-order valence-corrected chi connectivity index (χ4v) is 1.97. The molecule has 0 aliphatic rings. The Kier molecular flexibility index (Phi) is 4.06. The van der Waals surface area contributed by atoms with Crippen molar-refractivity contribution in [3.8, 4) is 0 Å². The van der Waals surface area contributed by atoms with E-state index in [4.69, 9.17) is 5.11 Å². The van der Waals surface area contributed by atoms with Gasteiger partial charge in [-0.3, -0.25) is 14.2 Å². The van der Waals surface area contributed by atoms with E-state index in [1.165, 1.54) is 17.1 Å². The van der Waals surface area contributed by atoms with Gasteiger partial charge in [0, 0.05) is 38.6 Å². The smallest absolute Gasteiger partial charge is 0.338 e. The van der Waals surface area contributed by atoms with Crippen molar-refractivity contribution < 1.29 is 14.7 Å². The van der Waals surface area contributed by atoms with Crippen molar-refractivity contribution >= 4 is 11.9 Å². The highest BCUT2D eigenvalue weighted by Crippen LogP contribution is 2.08. The van der Waals surface area contributed by atoms with Gasteiger partial charge in [-0.05, 0) is 6.92 Å². The van der Waals surface area contributed by atoms with E-state index in [9.17, 15) is 9.59 Å². The number of carbonyl (C=O) groups excluding carboxylic acids is 1. The number of aromatic nitrogens is 4. The van der Waals surface area contributed by atoms with Crippen molar-refractivity contribution in [3.05, 3.63) is 35.4 Å². The van der Waals surface area contributed by atoms with Crippen LogP contribution in [0.15, 0.2) is 18.6 Å². The molecule has 0 spiro atoms. The summed E-state index contributed by atoms with van der Waals surface area (Å²) in [6.07, 6.45) is 4.43. The number of amides is 1. The van der Waals surface area contributed by atoms with Crippen LogP contribution in [0.1, 0.15) is 21.6 Å². The van der Waals surface area contributed by atoms with Gasteiger partial charge in [-0.2, -0.15) is 10.2 Å². The monoisotopic (exact) mass is 291 g/mol. The highest BCUT2D eigenvalue weighted by molar-refractivity contribution is 5.87. The molecule has 0 atom stereocenters. The summed E-state index contributed by atoms with van der Waals surface area (Å²) in [5.41, 5.74) is 1.91. The third-order valence-corrected chi connectivity index (χ3v) is 3.13. The minimum absolute atomic E-state index is 0.00307. The second kappa shape index (κ2) is 5.78. The largest absolute Gasteiger partial charge is 0.478 e. The van der Waals surface area contributed by atoms with E-state index in [0.29, 0.717) is 6.54 Å². The summed E-state index contributed by atoms with van der Waals surface area (Å²) in [6.45, 7) is 2.34. The van der Waals surface area contributed by atoms with E-state index < -0.39 is 5.97 Å². The number of carboxylic acid groups (broad SMARTS) is 1. The summed E-state index contributed by atoms with van der Waals surface area (Å²) in [5.74, 6) is -1.22. The molecule has 0 unspecified atom stereocenters. The summed E-state index contributed by atoms with van der Waals surface area (Å²) >= 11 is 0. The van der Waals surface area contributed by atoms with Crippen molar-refractivity contribution in [3.63, 3.8) is 0 Å². The molecule has 2 heterocycles. The number of nitrogens with zero attached hydrogens (tertiary/aromatic N) is 5. The Bertz CT molecular complexity index is 673. The number of rotatable bonds is 5. The van der Waals surface area contributed by atoms with Crippen molar-refractivity contribution in [2.75, 3.05) is 7.05 Å². The zero-order valence-corrected chi connectivity index (χ0v) is 12.1. The van der Waals surface area contributed by atoms with Crippen LogP contribution >= 0.6 is 0 Å².